The standard InChI is InChI=1S/C10H10BrNO2/c11-7-3-4-9(13)8(5-7)12-10(14)6-1-2-6/h3-6,13H,1-2H2,(H,12,14). The van der Waals surface area contributed by atoms with Crippen molar-refractivity contribution < 1.29 is 9.90 Å². The van der Waals surface area contributed by atoms with Crippen LogP contribution in [-0.2, 0) is 4.79 Å². The Bertz CT molecular complexity index is 374. The van der Waals surface area contributed by atoms with Crippen LogP contribution in [0.5, 0.6) is 5.75 Å². The number of phenols is 1. The highest BCUT2D eigenvalue weighted by molar-refractivity contribution is 9.10. The molecule has 0 radical (unpaired) electrons. The third-order valence-electron chi connectivity index (χ3n) is 2.16. The highest BCUT2D eigenvalue weighted by Gasteiger charge is 2.29. The summed E-state index contributed by atoms with van der Waals surface area (Å²) in [6.07, 6.45) is 1.92. The molecule has 1 saturated carbocycles. The van der Waals surface area contributed by atoms with Crippen molar-refractivity contribution in [3.8, 4) is 5.75 Å². The molecule has 1 aliphatic carbocycles. The van der Waals surface area contributed by atoms with Gasteiger partial charge in [0.05, 0.1) is 5.69 Å². The normalized spacial score (nSPS) is 15.2. The predicted molar refractivity (Wildman–Crippen MR) is 57.2 cm³/mol. The fourth-order valence-electron chi connectivity index (χ4n) is 1.19. The van der Waals surface area contributed by atoms with Gasteiger partial charge in [-0.15, -0.1) is 0 Å². The van der Waals surface area contributed by atoms with E-state index in [1.165, 1.54) is 0 Å². The SMILES string of the molecule is O=C(Nc1cc(Br)ccc1O)C1CC1. The van der Waals surface area contributed by atoms with Crippen LogP contribution in [0.1, 0.15) is 12.8 Å². The van der Waals surface area contributed by atoms with Crippen molar-refractivity contribution in [1.29, 1.82) is 0 Å². The highest BCUT2D eigenvalue weighted by Crippen LogP contribution is 2.32. The molecule has 0 saturated heterocycles. The molecular weight excluding hydrogens is 246 g/mol. The van der Waals surface area contributed by atoms with Crippen LogP contribution in [0.3, 0.4) is 0 Å². The van der Waals surface area contributed by atoms with Gasteiger partial charge in [-0.1, -0.05) is 15.9 Å². The number of hydrogen-bond acceptors (Lipinski definition) is 2. The first-order chi connectivity index (χ1) is 6.66. The van der Waals surface area contributed by atoms with E-state index in [9.17, 15) is 9.90 Å². The quantitative estimate of drug-likeness (QED) is 0.798. The maximum Gasteiger partial charge on any atom is 0.227 e. The molecule has 14 heavy (non-hydrogen) atoms. The summed E-state index contributed by atoms with van der Waals surface area (Å²) in [5.74, 6) is 0.244. The van der Waals surface area contributed by atoms with Crippen LogP contribution in [0.2, 0.25) is 0 Å². The second-order valence-corrected chi connectivity index (χ2v) is 4.34. The van der Waals surface area contributed by atoms with Gasteiger partial charge in [-0.3, -0.25) is 4.79 Å². The van der Waals surface area contributed by atoms with Crippen molar-refractivity contribution in [2.75, 3.05) is 5.32 Å². The van der Waals surface area contributed by atoms with Gasteiger partial charge in [0.1, 0.15) is 5.75 Å². The molecular formula is C10H10BrNO2. The van der Waals surface area contributed by atoms with Crippen molar-refractivity contribution in [3.05, 3.63) is 22.7 Å². The van der Waals surface area contributed by atoms with Crippen molar-refractivity contribution >= 4 is 27.5 Å². The molecule has 1 aliphatic rings. The monoisotopic (exact) mass is 255 g/mol. The molecule has 2 N–H and O–H groups in total. The van der Waals surface area contributed by atoms with Crippen LogP contribution in [0, 0.1) is 5.92 Å². The number of benzene rings is 1. The summed E-state index contributed by atoms with van der Waals surface area (Å²) in [5.41, 5.74) is 0.469. The topological polar surface area (TPSA) is 49.3 Å². The van der Waals surface area contributed by atoms with Gasteiger partial charge in [0.2, 0.25) is 5.91 Å². The fourth-order valence-corrected chi connectivity index (χ4v) is 1.55. The average molecular weight is 256 g/mol. The van der Waals surface area contributed by atoms with Gasteiger partial charge < -0.3 is 10.4 Å². The lowest BCUT2D eigenvalue weighted by atomic mass is 10.3. The van der Waals surface area contributed by atoms with E-state index < -0.39 is 0 Å². The minimum absolute atomic E-state index is 0.00148. The van der Waals surface area contributed by atoms with E-state index in [0.717, 1.165) is 17.3 Å². The Balaban J connectivity index is 2.14. The molecule has 74 valence electrons. The number of hydrogen-bond donors (Lipinski definition) is 2. The Morgan fingerprint density at radius 3 is 2.86 bits per heavy atom. The first kappa shape index (κ1) is 9.52. The van der Waals surface area contributed by atoms with E-state index in [2.05, 4.69) is 21.2 Å². The first-order valence-electron chi connectivity index (χ1n) is 4.46. The number of carbonyl (C=O) groups excluding carboxylic acids is 1. The second kappa shape index (κ2) is 3.61. The van der Waals surface area contributed by atoms with Crippen LogP contribution >= 0.6 is 15.9 Å². The van der Waals surface area contributed by atoms with E-state index in [4.69, 9.17) is 0 Å². The first-order valence-corrected chi connectivity index (χ1v) is 5.25. The molecule has 1 fully saturated rings. The number of phenolic OH excluding ortho intramolecular Hbond substituents is 1. The van der Waals surface area contributed by atoms with Crippen LogP contribution in [0.25, 0.3) is 0 Å². The molecule has 1 aromatic carbocycles. The number of carbonyl (C=O) groups is 1. The van der Waals surface area contributed by atoms with Crippen molar-refractivity contribution in [3.63, 3.8) is 0 Å². The number of amides is 1. The number of anilines is 1. The summed E-state index contributed by atoms with van der Waals surface area (Å²) in [4.78, 5) is 11.4. The van der Waals surface area contributed by atoms with E-state index in [1.54, 1.807) is 18.2 Å². The van der Waals surface area contributed by atoms with Gasteiger partial charge in [0, 0.05) is 10.4 Å². The number of halogens is 1. The number of rotatable bonds is 2. The van der Waals surface area contributed by atoms with Crippen molar-refractivity contribution in [2.45, 2.75) is 12.8 Å². The van der Waals surface area contributed by atoms with Crippen LogP contribution in [0.15, 0.2) is 22.7 Å². The lowest BCUT2D eigenvalue weighted by Crippen LogP contribution is -2.13. The lowest BCUT2D eigenvalue weighted by Gasteiger charge is -2.06. The molecule has 0 aliphatic heterocycles. The summed E-state index contributed by atoms with van der Waals surface area (Å²) in [6, 6.07) is 4.96. The largest absolute Gasteiger partial charge is 0.506 e. The smallest absolute Gasteiger partial charge is 0.227 e. The Morgan fingerprint density at radius 2 is 2.21 bits per heavy atom. The Morgan fingerprint density at radius 1 is 1.50 bits per heavy atom. The second-order valence-electron chi connectivity index (χ2n) is 3.42. The van der Waals surface area contributed by atoms with Gasteiger partial charge >= 0.3 is 0 Å². The zero-order valence-electron chi connectivity index (χ0n) is 7.46. The molecule has 1 aromatic rings. The molecule has 0 bridgehead atoms. The van der Waals surface area contributed by atoms with E-state index in [-0.39, 0.29) is 17.6 Å². The minimum atomic E-state index is -0.00148. The third kappa shape index (κ3) is 2.07. The molecule has 1 amide bonds. The summed E-state index contributed by atoms with van der Waals surface area (Å²) in [5, 5.41) is 12.1. The van der Waals surface area contributed by atoms with E-state index >= 15 is 0 Å². The highest BCUT2D eigenvalue weighted by atomic mass is 79.9. The van der Waals surface area contributed by atoms with Crippen molar-refractivity contribution in [1.82, 2.24) is 0 Å². The molecule has 0 atom stereocenters. The maximum atomic E-state index is 11.4. The Hall–Kier alpha value is -1.03. The molecule has 3 nitrogen and oxygen atoms in total. The molecule has 0 aromatic heterocycles. The lowest BCUT2D eigenvalue weighted by molar-refractivity contribution is -0.117. The fraction of sp³-hybridized carbons (Fsp3) is 0.300. The zero-order valence-corrected chi connectivity index (χ0v) is 9.04. The van der Waals surface area contributed by atoms with Gasteiger partial charge in [-0.2, -0.15) is 0 Å². The zero-order chi connectivity index (χ0) is 10.1. The summed E-state index contributed by atoms with van der Waals surface area (Å²) < 4.78 is 0.835. The molecule has 4 heteroatoms. The van der Waals surface area contributed by atoms with Gasteiger partial charge in [0.15, 0.2) is 0 Å². The summed E-state index contributed by atoms with van der Waals surface area (Å²) in [7, 11) is 0. The Kier molecular flexibility index (Phi) is 2.46. The number of nitrogens with one attached hydrogen (secondary N) is 1. The van der Waals surface area contributed by atoms with Crippen LogP contribution in [0.4, 0.5) is 5.69 Å². The van der Waals surface area contributed by atoms with Crippen molar-refractivity contribution in [2.24, 2.45) is 5.92 Å². The summed E-state index contributed by atoms with van der Waals surface area (Å²) >= 11 is 3.28. The molecule has 0 spiro atoms. The predicted octanol–water partition coefficient (Wildman–Crippen LogP) is 2.50. The van der Waals surface area contributed by atoms with Crippen LogP contribution < -0.4 is 5.32 Å². The number of aromatic hydroxyl groups is 1. The average Bonchev–Trinajstić information content (AvgIpc) is 2.94. The Labute approximate surface area is 90.3 Å². The third-order valence-corrected chi connectivity index (χ3v) is 2.66. The van der Waals surface area contributed by atoms with Gasteiger partial charge in [0.25, 0.3) is 0 Å². The van der Waals surface area contributed by atoms with E-state index in [0.29, 0.717) is 5.69 Å². The van der Waals surface area contributed by atoms with E-state index in [1.807, 2.05) is 0 Å². The van der Waals surface area contributed by atoms with Gasteiger partial charge in [-0.05, 0) is 31.0 Å². The summed E-state index contributed by atoms with van der Waals surface area (Å²) in [6.45, 7) is 0. The molecule has 0 heterocycles. The van der Waals surface area contributed by atoms with Gasteiger partial charge in [-0.25, -0.2) is 0 Å². The molecule has 2 rings (SSSR count). The minimum Gasteiger partial charge on any atom is -0.506 e. The maximum absolute atomic E-state index is 11.4. The molecule has 0 unspecified atom stereocenters. The van der Waals surface area contributed by atoms with Crippen LogP contribution in [-0.4, -0.2) is 11.0 Å².